The molecule has 1 spiro atoms. The fourth-order valence-corrected chi connectivity index (χ4v) is 8.91. The maximum atomic E-state index is 14.7. The molecule has 0 bridgehead atoms. The Hall–Kier alpha value is -5.18. The zero-order valence-corrected chi connectivity index (χ0v) is 28.9. The van der Waals surface area contributed by atoms with Gasteiger partial charge in [0.05, 0.1) is 47.8 Å². The van der Waals surface area contributed by atoms with Crippen molar-refractivity contribution in [2.45, 2.75) is 62.3 Å². The second-order valence-electron chi connectivity index (χ2n) is 12.2. The number of aryl methyl sites for hydroxylation is 1. The number of fused-ring (bicyclic) bond motifs is 1. The molecule has 0 radical (unpaired) electrons. The Labute approximate surface area is 292 Å². The van der Waals surface area contributed by atoms with E-state index in [1.165, 1.54) is 49.1 Å². The number of esters is 3. The van der Waals surface area contributed by atoms with Crippen molar-refractivity contribution in [2.75, 3.05) is 25.2 Å². The van der Waals surface area contributed by atoms with E-state index in [2.05, 4.69) is 4.99 Å². The number of halogens is 3. The molecule has 11 nitrogen and oxygen atoms in total. The molecule has 268 valence electrons. The van der Waals surface area contributed by atoms with E-state index in [0.717, 1.165) is 23.0 Å². The topological polar surface area (TPSA) is 132 Å². The van der Waals surface area contributed by atoms with Gasteiger partial charge in [0.2, 0.25) is 0 Å². The van der Waals surface area contributed by atoms with Gasteiger partial charge in [0.15, 0.2) is 5.70 Å². The molecule has 3 atom stereocenters. The van der Waals surface area contributed by atoms with E-state index in [9.17, 15) is 36.0 Å². The Morgan fingerprint density at radius 1 is 0.922 bits per heavy atom. The maximum absolute atomic E-state index is 14.7. The monoisotopic (exact) mass is 725 g/mol. The number of anilines is 1. The first-order valence-corrected chi connectivity index (χ1v) is 17.5. The van der Waals surface area contributed by atoms with Crippen LogP contribution in [0.25, 0.3) is 0 Å². The summed E-state index contributed by atoms with van der Waals surface area (Å²) in [7, 11) is -3.55. The summed E-state index contributed by atoms with van der Waals surface area (Å²) in [6.07, 6.45) is -5.09. The molecule has 51 heavy (non-hydrogen) atoms. The number of sulfonamides is 1. The van der Waals surface area contributed by atoms with E-state index in [1.54, 1.807) is 43.3 Å². The minimum atomic E-state index is -4.75. The maximum Gasteiger partial charge on any atom is 0.416 e. The van der Waals surface area contributed by atoms with Gasteiger partial charge < -0.3 is 19.1 Å². The molecule has 1 saturated heterocycles. The van der Waals surface area contributed by atoms with Gasteiger partial charge in [-0.2, -0.15) is 13.2 Å². The average molecular weight is 726 g/mol. The minimum Gasteiger partial charge on any atom is -0.467 e. The van der Waals surface area contributed by atoms with Crippen LogP contribution >= 0.6 is 0 Å². The van der Waals surface area contributed by atoms with Gasteiger partial charge in [-0.3, -0.25) is 0 Å². The largest absolute Gasteiger partial charge is 0.467 e. The van der Waals surface area contributed by atoms with Crippen LogP contribution in [0.15, 0.2) is 94.0 Å². The number of ether oxygens (including phenoxy) is 3. The fraction of sp³-hybridized carbons (Fsp3) is 0.333. The first kappa shape index (κ1) is 35.6. The first-order valence-electron chi connectivity index (χ1n) is 16.1. The number of para-hydroxylation sites is 1. The SMILES string of the molecule is CCOC(=O)C1=C(C(=O)OCC)C2N(Cc3ccccc3C(F)(F)F)c3ccccc3[C@@]23C[C@@H](C(=O)OC)N(S(=O)(=O)c2ccc(C)cc2)C3=N1. The summed E-state index contributed by atoms with van der Waals surface area (Å²) in [4.78, 5) is 47.3. The second kappa shape index (κ2) is 13.2. The van der Waals surface area contributed by atoms with Crippen LogP contribution in [0.2, 0.25) is 0 Å². The molecule has 0 amide bonds. The molecule has 0 N–H and O–H groups in total. The second-order valence-corrected chi connectivity index (χ2v) is 14.0. The molecule has 6 rings (SSSR count). The molecule has 3 aromatic rings. The van der Waals surface area contributed by atoms with Crippen LogP contribution in [0.5, 0.6) is 0 Å². The summed E-state index contributed by atoms with van der Waals surface area (Å²) in [5.41, 5.74) is -2.26. The highest BCUT2D eigenvalue weighted by Gasteiger charge is 2.69. The first-order chi connectivity index (χ1) is 24.2. The number of amidine groups is 1. The van der Waals surface area contributed by atoms with Crippen molar-refractivity contribution >= 4 is 39.5 Å². The van der Waals surface area contributed by atoms with Gasteiger partial charge in [0, 0.05) is 12.2 Å². The molecule has 1 fully saturated rings. The Balaban J connectivity index is 1.71. The smallest absolute Gasteiger partial charge is 0.416 e. The van der Waals surface area contributed by atoms with Crippen LogP contribution in [0.1, 0.15) is 42.5 Å². The summed E-state index contributed by atoms with van der Waals surface area (Å²) in [5.74, 6) is -3.35. The average Bonchev–Trinajstić information content (AvgIpc) is 3.59. The van der Waals surface area contributed by atoms with Gasteiger partial charge in [-0.15, -0.1) is 0 Å². The highest BCUT2D eigenvalue weighted by atomic mass is 32.2. The van der Waals surface area contributed by atoms with Crippen LogP contribution < -0.4 is 4.90 Å². The van der Waals surface area contributed by atoms with Crippen LogP contribution in [-0.4, -0.2) is 68.9 Å². The van der Waals surface area contributed by atoms with Gasteiger partial charge >= 0.3 is 24.1 Å². The predicted octanol–water partition coefficient (Wildman–Crippen LogP) is 5.07. The Morgan fingerprint density at radius 2 is 1.55 bits per heavy atom. The van der Waals surface area contributed by atoms with Crippen LogP contribution in [0.3, 0.4) is 0 Å². The molecule has 3 aliphatic heterocycles. The van der Waals surface area contributed by atoms with E-state index in [4.69, 9.17) is 14.2 Å². The van der Waals surface area contributed by atoms with Gasteiger partial charge in [-0.25, -0.2) is 32.1 Å². The van der Waals surface area contributed by atoms with E-state index >= 15 is 0 Å². The van der Waals surface area contributed by atoms with Gasteiger partial charge in [-0.1, -0.05) is 54.1 Å². The quantitative estimate of drug-likeness (QED) is 0.219. The van der Waals surface area contributed by atoms with Crippen LogP contribution in [0.4, 0.5) is 18.9 Å². The van der Waals surface area contributed by atoms with E-state index in [-0.39, 0.29) is 41.5 Å². The number of nitrogens with zero attached hydrogens (tertiary/aromatic N) is 3. The number of rotatable bonds is 9. The fourth-order valence-electron chi connectivity index (χ4n) is 7.28. The highest BCUT2D eigenvalue weighted by molar-refractivity contribution is 7.89. The third-order valence-corrected chi connectivity index (χ3v) is 11.1. The number of carbonyl (C=O) groups excluding carboxylic acids is 3. The molecule has 3 aliphatic rings. The van der Waals surface area contributed by atoms with Gasteiger partial charge in [0.25, 0.3) is 10.0 Å². The molecular formula is C36H34F3N3O8S. The number of hydrogen-bond donors (Lipinski definition) is 0. The summed E-state index contributed by atoms with van der Waals surface area (Å²) < 4.78 is 89.1. The summed E-state index contributed by atoms with van der Waals surface area (Å²) in [6, 6.07) is 14.4. The van der Waals surface area contributed by atoms with Crippen molar-refractivity contribution in [3.63, 3.8) is 0 Å². The lowest BCUT2D eigenvalue weighted by Crippen LogP contribution is -2.55. The summed E-state index contributed by atoms with van der Waals surface area (Å²) >= 11 is 0. The number of alkyl halides is 3. The molecule has 0 saturated carbocycles. The van der Waals surface area contributed by atoms with Gasteiger partial charge in [0.1, 0.15) is 11.9 Å². The standard InChI is InChI=1S/C36H34F3N3O8S/c1-5-49-32(44)28-29(33(45)50-6-2)40-34-35(19-27(31(43)48-4)42(34)51(46,47)23-17-15-21(3)16-18-23)25-13-9-10-14-26(25)41(30(28)35)20-22-11-7-8-12-24(22)36(37,38)39/h7-18,27,30H,5-6,19-20H2,1-4H3/t27-,30?,35-/m0/s1. The lowest BCUT2D eigenvalue weighted by Gasteiger charge is -2.41. The highest BCUT2D eigenvalue weighted by Crippen LogP contribution is 2.59. The van der Waals surface area contributed by atoms with Crippen molar-refractivity contribution in [1.82, 2.24) is 4.31 Å². The van der Waals surface area contributed by atoms with Crippen molar-refractivity contribution in [3.8, 4) is 0 Å². The normalized spacial score (nSPS) is 21.0. The Bertz CT molecular complexity index is 2080. The Kier molecular flexibility index (Phi) is 9.21. The van der Waals surface area contributed by atoms with Crippen molar-refractivity contribution in [1.29, 1.82) is 0 Å². The zero-order valence-electron chi connectivity index (χ0n) is 28.1. The molecule has 0 aliphatic carbocycles. The van der Waals surface area contributed by atoms with E-state index < -0.39 is 69.4 Å². The number of aliphatic imine (C=N–C) groups is 1. The molecule has 3 heterocycles. The molecule has 15 heteroatoms. The minimum absolute atomic E-state index is 0.142. The van der Waals surface area contributed by atoms with Crippen molar-refractivity contribution < 1.29 is 50.2 Å². The van der Waals surface area contributed by atoms with Crippen molar-refractivity contribution in [3.05, 3.63) is 106 Å². The number of hydrogen-bond acceptors (Lipinski definition) is 10. The third kappa shape index (κ3) is 5.72. The van der Waals surface area contributed by atoms with E-state index in [1.807, 2.05) is 0 Å². The molecule has 1 unspecified atom stereocenters. The van der Waals surface area contributed by atoms with Crippen molar-refractivity contribution in [2.24, 2.45) is 4.99 Å². The molecule has 3 aromatic carbocycles. The van der Waals surface area contributed by atoms with Gasteiger partial charge in [-0.05, 0) is 62.6 Å². The zero-order chi connectivity index (χ0) is 36.9. The predicted molar refractivity (Wildman–Crippen MR) is 178 cm³/mol. The summed E-state index contributed by atoms with van der Waals surface area (Å²) in [6.45, 7) is 4.08. The lowest BCUT2D eigenvalue weighted by molar-refractivity contribution is -0.144. The molecular weight excluding hydrogens is 691 g/mol. The number of carbonyl (C=O) groups is 3. The van der Waals surface area contributed by atoms with Crippen LogP contribution in [0, 0.1) is 6.92 Å². The molecule has 0 aromatic heterocycles. The van der Waals surface area contributed by atoms with E-state index in [0.29, 0.717) is 11.3 Å². The lowest BCUT2D eigenvalue weighted by atomic mass is 9.69. The Morgan fingerprint density at radius 3 is 2.20 bits per heavy atom. The van der Waals surface area contributed by atoms with Crippen LogP contribution in [-0.2, 0) is 56.8 Å². The number of benzene rings is 3. The third-order valence-electron chi connectivity index (χ3n) is 9.30. The summed E-state index contributed by atoms with van der Waals surface area (Å²) in [5, 5.41) is 0. The number of methoxy groups -OCH3 is 1.